The lowest BCUT2D eigenvalue weighted by molar-refractivity contribution is 0.171. The summed E-state index contributed by atoms with van der Waals surface area (Å²) in [6.07, 6.45) is 1.12. The smallest absolute Gasteiger partial charge is 0.229 e. The van der Waals surface area contributed by atoms with Crippen LogP contribution in [-0.2, 0) is 10.0 Å². The van der Waals surface area contributed by atoms with Gasteiger partial charge in [-0.15, -0.1) is 11.3 Å². The second kappa shape index (κ2) is 7.09. The van der Waals surface area contributed by atoms with Crippen molar-refractivity contribution in [3.05, 3.63) is 47.8 Å². The number of anilines is 3. The first-order valence-corrected chi connectivity index (χ1v) is 10.9. The van der Waals surface area contributed by atoms with Gasteiger partial charge in [0.25, 0.3) is 0 Å². The van der Waals surface area contributed by atoms with Gasteiger partial charge >= 0.3 is 0 Å². The van der Waals surface area contributed by atoms with Crippen molar-refractivity contribution in [2.75, 3.05) is 29.5 Å². The first-order valence-electron chi connectivity index (χ1n) is 8.17. The van der Waals surface area contributed by atoms with Crippen molar-refractivity contribution < 1.29 is 17.9 Å². The average molecular weight is 403 g/mol. The number of aromatic nitrogens is 1. The number of hydrogen-bond donors (Lipinski definition) is 2. The van der Waals surface area contributed by atoms with Crippen molar-refractivity contribution in [1.82, 2.24) is 4.98 Å². The SMILES string of the molecule is CS(=O)(=O)Nc1ccc(-c2csc(Nc3ccc4c(c3)OCCO4)n2)cc1. The van der Waals surface area contributed by atoms with Crippen molar-refractivity contribution in [2.45, 2.75) is 0 Å². The molecule has 27 heavy (non-hydrogen) atoms. The minimum atomic E-state index is -3.28. The highest BCUT2D eigenvalue weighted by Gasteiger charge is 2.12. The summed E-state index contributed by atoms with van der Waals surface area (Å²) >= 11 is 1.49. The zero-order chi connectivity index (χ0) is 18.9. The fraction of sp³-hybridized carbons (Fsp3) is 0.167. The number of ether oxygens (including phenoxy) is 2. The van der Waals surface area contributed by atoms with Gasteiger partial charge in [0, 0.05) is 28.4 Å². The van der Waals surface area contributed by atoms with E-state index in [1.807, 2.05) is 35.7 Å². The summed E-state index contributed by atoms with van der Waals surface area (Å²) in [6.45, 7) is 1.11. The minimum absolute atomic E-state index is 0.520. The molecule has 0 bridgehead atoms. The molecular formula is C18H17N3O4S2. The van der Waals surface area contributed by atoms with Gasteiger partial charge in [-0.2, -0.15) is 0 Å². The summed E-state index contributed by atoms with van der Waals surface area (Å²) in [5.74, 6) is 1.46. The van der Waals surface area contributed by atoms with E-state index in [0.717, 1.165) is 39.8 Å². The number of nitrogens with zero attached hydrogens (tertiary/aromatic N) is 1. The maximum absolute atomic E-state index is 11.3. The van der Waals surface area contributed by atoms with Crippen LogP contribution in [0.3, 0.4) is 0 Å². The number of rotatable bonds is 5. The molecule has 4 rings (SSSR count). The van der Waals surface area contributed by atoms with E-state index in [-0.39, 0.29) is 0 Å². The van der Waals surface area contributed by atoms with Gasteiger partial charge in [0.1, 0.15) is 13.2 Å². The van der Waals surface area contributed by atoms with Gasteiger partial charge in [0.05, 0.1) is 11.9 Å². The van der Waals surface area contributed by atoms with E-state index >= 15 is 0 Å². The van der Waals surface area contributed by atoms with Crippen molar-refractivity contribution in [1.29, 1.82) is 0 Å². The van der Waals surface area contributed by atoms with Gasteiger partial charge in [0.15, 0.2) is 16.6 Å². The van der Waals surface area contributed by atoms with Crippen molar-refractivity contribution in [3.8, 4) is 22.8 Å². The van der Waals surface area contributed by atoms with Gasteiger partial charge in [-0.1, -0.05) is 12.1 Å². The van der Waals surface area contributed by atoms with E-state index in [1.54, 1.807) is 12.1 Å². The molecule has 0 unspecified atom stereocenters. The maximum atomic E-state index is 11.3. The molecule has 140 valence electrons. The Kier molecular flexibility index (Phi) is 4.63. The zero-order valence-electron chi connectivity index (χ0n) is 14.4. The van der Waals surface area contributed by atoms with Crippen LogP contribution >= 0.6 is 11.3 Å². The fourth-order valence-electron chi connectivity index (χ4n) is 2.63. The Balaban J connectivity index is 1.48. The lowest BCUT2D eigenvalue weighted by Gasteiger charge is -2.18. The molecule has 1 aliphatic heterocycles. The molecule has 2 aromatic carbocycles. The van der Waals surface area contributed by atoms with E-state index in [1.165, 1.54) is 11.3 Å². The minimum Gasteiger partial charge on any atom is -0.486 e. The van der Waals surface area contributed by atoms with Gasteiger partial charge in [0.2, 0.25) is 10.0 Å². The molecule has 0 amide bonds. The van der Waals surface area contributed by atoms with Crippen LogP contribution in [0.5, 0.6) is 11.5 Å². The van der Waals surface area contributed by atoms with E-state index in [4.69, 9.17) is 9.47 Å². The Hall–Kier alpha value is -2.78. The van der Waals surface area contributed by atoms with Gasteiger partial charge in [-0.3, -0.25) is 4.72 Å². The van der Waals surface area contributed by atoms with Crippen LogP contribution in [0, 0.1) is 0 Å². The topological polar surface area (TPSA) is 89.6 Å². The highest BCUT2D eigenvalue weighted by Crippen LogP contribution is 2.34. The Morgan fingerprint density at radius 1 is 1.00 bits per heavy atom. The number of benzene rings is 2. The molecule has 0 fully saturated rings. The Labute approximate surface area is 161 Å². The quantitative estimate of drug-likeness (QED) is 0.675. The fourth-order valence-corrected chi connectivity index (χ4v) is 3.94. The summed E-state index contributed by atoms with van der Waals surface area (Å²) in [4.78, 5) is 4.59. The Morgan fingerprint density at radius 3 is 2.44 bits per heavy atom. The van der Waals surface area contributed by atoms with E-state index in [2.05, 4.69) is 15.0 Å². The molecule has 0 saturated heterocycles. The summed E-state index contributed by atoms with van der Waals surface area (Å²) in [5, 5.41) is 5.96. The van der Waals surface area contributed by atoms with Crippen molar-refractivity contribution in [3.63, 3.8) is 0 Å². The van der Waals surface area contributed by atoms with E-state index in [9.17, 15) is 8.42 Å². The second-order valence-corrected chi connectivity index (χ2v) is 8.58. The maximum Gasteiger partial charge on any atom is 0.229 e. The highest BCUT2D eigenvalue weighted by molar-refractivity contribution is 7.92. The lowest BCUT2D eigenvalue weighted by Crippen LogP contribution is -2.15. The van der Waals surface area contributed by atoms with Crippen molar-refractivity contribution >= 4 is 37.9 Å². The predicted molar refractivity (Wildman–Crippen MR) is 107 cm³/mol. The average Bonchev–Trinajstić information content (AvgIpc) is 3.09. The van der Waals surface area contributed by atoms with E-state index < -0.39 is 10.0 Å². The zero-order valence-corrected chi connectivity index (χ0v) is 16.1. The summed E-state index contributed by atoms with van der Waals surface area (Å²) in [5.41, 5.74) is 3.10. The molecule has 0 radical (unpaired) electrons. The normalized spacial score (nSPS) is 13.2. The van der Waals surface area contributed by atoms with Crippen LogP contribution < -0.4 is 19.5 Å². The molecule has 9 heteroatoms. The molecule has 0 atom stereocenters. The van der Waals surface area contributed by atoms with E-state index in [0.29, 0.717) is 18.9 Å². The first-order chi connectivity index (χ1) is 13.0. The number of thiazole rings is 1. The summed E-state index contributed by atoms with van der Waals surface area (Å²) in [6, 6.07) is 12.8. The number of hydrogen-bond acceptors (Lipinski definition) is 7. The summed E-state index contributed by atoms with van der Waals surface area (Å²) < 4.78 is 36.1. The number of nitrogens with one attached hydrogen (secondary N) is 2. The van der Waals surface area contributed by atoms with Gasteiger partial charge in [-0.25, -0.2) is 13.4 Å². The van der Waals surface area contributed by atoms with Crippen LogP contribution in [0.4, 0.5) is 16.5 Å². The van der Waals surface area contributed by atoms with Crippen LogP contribution in [0.25, 0.3) is 11.3 Å². The standard InChI is InChI=1S/C18H17N3O4S2/c1-27(22,23)21-13-4-2-12(3-5-13)15-11-26-18(20-15)19-14-6-7-16-17(10-14)25-9-8-24-16/h2-7,10-11,21H,8-9H2,1H3,(H,19,20). The van der Waals surface area contributed by atoms with Crippen LogP contribution in [-0.4, -0.2) is 32.9 Å². The first kappa shape index (κ1) is 17.6. The Morgan fingerprint density at radius 2 is 1.70 bits per heavy atom. The Bertz CT molecular complexity index is 1060. The molecule has 1 aliphatic rings. The van der Waals surface area contributed by atoms with Crippen LogP contribution in [0.15, 0.2) is 47.8 Å². The highest BCUT2D eigenvalue weighted by atomic mass is 32.2. The molecule has 0 saturated carbocycles. The molecule has 0 spiro atoms. The van der Waals surface area contributed by atoms with Gasteiger partial charge < -0.3 is 14.8 Å². The molecule has 0 aliphatic carbocycles. The second-order valence-electron chi connectivity index (χ2n) is 5.97. The van der Waals surface area contributed by atoms with Crippen LogP contribution in [0.2, 0.25) is 0 Å². The van der Waals surface area contributed by atoms with Crippen LogP contribution in [0.1, 0.15) is 0 Å². The molecule has 3 aromatic rings. The monoisotopic (exact) mass is 403 g/mol. The van der Waals surface area contributed by atoms with Crippen molar-refractivity contribution in [2.24, 2.45) is 0 Å². The molecule has 2 N–H and O–H groups in total. The molecular weight excluding hydrogens is 386 g/mol. The largest absolute Gasteiger partial charge is 0.486 e. The third kappa shape index (κ3) is 4.32. The third-order valence-corrected chi connectivity index (χ3v) is 5.15. The molecule has 1 aromatic heterocycles. The lowest BCUT2D eigenvalue weighted by atomic mass is 10.1. The molecule has 7 nitrogen and oxygen atoms in total. The number of fused-ring (bicyclic) bond motifs is 1. The molecule has 2 heterocycles. The predicted octanol–water partition coefficient (Wildman–Crippen LogP) is 3.70. The summed E-state index contributed by atoms with van der Waals surface area (Å²) in [7, 11) is -3.28. The third-order valence-electron chi connectivity index (χ3n) is 3.78. The van der Waals surface area contributed by atoms with Gasteiger partial charge in [-0.05, 0) is 24.3 Å². The number of sulfonamides is 1.